The van der Waals surface area contributed by atoms with Crippen LogP contribution in [0.3, 0.4) is 0 Å². The number of halogens is 3. The first kappa shape index (κ1) is 22.3. The minimum Gasteiger partial charge on any atom is -0.406 e. The third-order valence-corrected chi connectivity index (χ3v) is 4.55. The van der Waals surface area contributed by atoms with Crippen molar-refractivity contribution < 1.29 is 17.9 Å². The van der Waals surface area contributed by atoms with Crippen LogP contribution in [0.1, 0.15) is 37.7 Å². The second kappa shape index (κ2) is 10.5. The van der Waals surface area contributed by atoms with Crippen LogP contribution in [-0.4, -0.2) is 29.4 Å². The van der Waals surface area contributed by atoms with E-state index in [4.69, 9.17) is 0 Å². The highest BCUT2D eigenvalue weighted by molar-refractivity contribution is 5.53. The molecule has 156 valence electrons. The number of hydrogen-bond acceptors (Lipinski definition) is 6. The van der Waals surface area contributed by atoms with Gasteiger partial charge in [0.2, 0.25) is 5.95 Å². The number of aromatic nitrogens is 2. The van der Waals surface area contributed by atoms with Crippen molar-refractivity contribution in [3.05, 3.63) is 48.4 Å². The Hall–Kier alpha value is -3.02. The topological polar surface area (TPSA) is 82.9 Å². The molecule has 29 heavy (non-hydrogen) atoms. The molecule has 0 amide bonds. The predicted molar refractivity (Wildman–Crippen MR) is 105 cm³/mol. The Balaban J connectivity index is 2.03. The third kappa shape index (κ3) is 7.49. The van der Waals surface area contributed by atoms with Gasteiger partial charge in [0.15, 0.2) is 0 Å². The molecule has 1 heterocycles. The lowest BCUT2D eigenvalue weighted by atomic mass is 9.89. The summed E-state index contributed by atoms with van der Waals surface area (Å²) in [4.78, 5) is 8.33. The van der Waals surface area contributed by atoms with Gasteiger partial charge in [-0.1, -0.05) is 44.6 Å². The van der Waals surface area contributed by atoms with E-state index in [2.05, 4.69) is 38.5 Å². The molecule has 1 aliphatic rings. The van der Waals surface area contributed by atoms with Crippen molar-refractivity contribution >= 4 is 11.8 Å². The molecule has 6 nitrogen and oxygen atoms in total. The van der Waals surface area contributed by atoms with E-state index >= 15 is 0 Å². The van der Waals surface area contributed by atoms with Gasteiger partial charge in [0.1, 0.15) is 23.2 Å². The van der Waals surface area contributed by atoms with Crippen molar-refractivity contribution in [2.24, 2.45) is 5.92 Å². The van der Waals surface area contributed by atoms with Gasteiger partial charge in [-0.05, 0) is 18.8 Å². The van der Waals surface area contributed by atoms with Crippen molar-refractivity contribution in [3.8, 4) is 6.07 Å². The van der Waals surface area contributed by atoms with Gasteiger partial charge in [-0.15, -0.1) is 13.2 Å². The zero-order valence-corrected chi connectivity index (χ0v) is 16.1. The molecule has 2 rings (SSSR count). The monoisotopic (exact) mass is 407 g/mol. The molecule has 2 N–H and O–H groups in total. The summed E-state index contributed by atoms with van der Waals surface area (Å²) >= 11 is 0. The predicted octanol–water partition coefficient (Wildman–Crippen LogP) is 4.91. The van der Waals surface area contributed by atoms with Crippen LogP contribution in [-0.2, 0) is 4.74 Å². The molecule has 0 radical (unpaired) electrons. The summed E-state index contributed by atoms with van der Waals surface area (Å²) in [6.07, 6.45) is 5.17. The fraction of sp³-hybridized carbons (Fsp3) is 0.450. The minimum atomic E-state index is -4.83. The van der Waals surface area contributed by atoms with E-state index in [1.54, 1.807) is 0 Å². The van der Waals surface area contributed by atoms with Crippen LogP contribution in [0.2, 0.25) is 0 Å². The van der Waals surface area contributed by atoms with Crippen LogP contribution in [0.15, 0.2) is 42.8 Å². The van der Waals surface area contributed by atoms with Crippen LogP contribution >= 0.6 is 0 Å². The Morgan fingerprint density at radius 2 is 2.03 bits per heavy atom. The quantitative estimate of drug-likeness (QED) is 0.447. The molecular weight excluding hydrogens is 383 g/mol. The molecule has 0 saturated heterocycles. The van der Waals surface area contributed by atoms with Crippen molar-refractivity contribution in [2.45, 2.75) is 38.5 Å². The average molecular weight is 407 g/mol. The first-order valence-corrected chi connectivity index (χ1v) is 9.34. The Morgan fingerprint density at radius 3 is 2.66 bits per heavy atom. The van der Waals surface area contributed by atoms with Gasteiger partial charge < -0.3 is 15.4 Å². The van der Waals surface area contributed by atoms with Gasteiger partial charge in [0, 0.05) is 18.7 Å². The van der Waals surface area contributed by atoms with Crippen molar-refractivity contribution in [3.63, 3.8) is 0 Å². The Morgan fingerprint density at radius 1 is 1.31 bits per heavy atom. The van der Waals surface area contributed by atoms with Crippen molar-refractivity contribution in [2.75, 3.05) is 23.7 Å². The third-order valence-electron chi connectivity index (χ3n) is 4.55. The lowest BCUT2D eigenvalue weighted by molar-refractivity contribution is -0.303. The van der Waals surface area contributed by atoms with Crippen LogP contribution in [0.25, 0.3) is 0 Å². The summed E-state index contributed by atoms with van der Waals surface area (Å²) in [6.45, 7) is 7.43. The number of nitrogens with one attached hydrogen (secondary N) is 2. The molecule has 0 atom stereocenters. The van der Waals surface area contributed by atoms with Crippen LogP contribution in [0.4, 0.5) is 24.9 Å². The van der Waals surface area contributed by atoms with E-state index in [-0.39, 0.29) is 18.1 Å². The van der Waals surface area contributed by atoms with Gasteiger partial charge in [0.25, 0.3) is 0 Å². The number of allylic oxidation sites excluding steroid dienone is 2. The Bertz CT molecular complexity index is 792. The highest BCUT2D eigenvalue weighted by atomic mass is 19.4. The number of rotatable bonds is 9. The number of nitriles is 1. The van der Waals surface area contributed by atoms with Crippen LogP contribution < -0.4 is 10.6 Å². The molecule has 0 aromatic carbocycles. The maximum atomic E-state index is 12.4. The number of nitrogens with zero attached hydrogens (tertiary/aromatic N) is 3. The Labute approximate surface area is 168 Å². The van der Waals surface area contributed by atoms with Crippen LogP contribution in [0, 0.1) is 17.2 Å². The molecule has 1 aromatic rings. The molecule has 1 fully saturated rings. The summed E-state index contributed by atoms with van der Waals surface area (Å²) in [7, 11) is 0. The lowest BCUT2D eigenvalue weighted by Gasteiger charge is -2.22. The Kier molecular flexibility index (Phi) is 8.07. The molecule has 1 aromatic heterocycles. The number of ether oxygens (including phenoxy) is 1. The van der Waals surface area contributed by atoms with Crippen molar-refractivity contribution in [1.82, 2.24) is 9.97 Å². The van der Waals surface area contributed by atoms with Gasteiger partial charge in [-0.2, -0.15) is 10.2 Å². The number of alkyl halides is 3. The molecule has 0 aliphatic heterocycles. The maximum Gasteiger partial charge on any atom is 0.573 e. The summed E-state index contributed by atoms with van der Waals surface area (Å²) in [6, 6.07) is 2.04. The summed E-state index contributed by atoms with van der Waals surface area (Å²) in [5.74, 6) is 0.556. The molecule has 0 bridgehead atoms. The molecule has 1 aliphatic carbocycles. The molecule has 0 spiro atoms. The van der Waals surface area contributed by atoms with Gasteiger partial charge in [-0.25, -0.2) is 4.98 Å². The zero-order chi connectivity index (χ0) is 21.3. The van der Waals surface area contributed by atoms with E-state index < -0.39 is 12.1 Å². The summed E-state index contributed by atoms with van der Waals surface area (Å²) in [5, 5.41) is 15.3. The highest BCUT2D eigenvalue weighted by Crippen LogP contribution is 2.25. The molecule has 1 saturated carbocycles. The average Bonchev–Trinajstić information content (AvgIpc) is 2.69. The highest BCUT2D eigenvalue weighted by Gasteiger charge is 2.32. The van der Waals surface area contributed by atoms with Crippen LogP contribution in [0.5, 0.6) is 0 Å². The largest absolute Gasteiger partial charge is 0.573 e. The van der Waals surface area contributed by atoms with E-state index in [0.29, 0.717) is 23.8 Å². The normalized spacial score (nSPS) is 15.3. The number of anilines is 2. The first-order valence-electron chi connectivity index (χ1n) is 9.34. The second-order valence-corrected chi connectivity index (χ2v) is 6.70. The fourth-order valence-electron chi connectivity index (χ4n) is 3.09. The van der Waals surface area contributed by atoms with Gasteiger partial charge >= 0.3 is 6.36 Å². The molecule has 9 heteroatoms. The minimum absolute atomic E-state index is 0.0606. The molecule has 0 unspecified atom stereocenters. The fourth-order valence-corrected chi connectivity index (χ4v) is 3.09. The molecular formula is C20H24F3N5O. The smallest absolute Gasteiger partial charge is 0.406 e. The number of hydrogen-bond donors (Lipinski definition) is 2. The zero-order valence-electron chi connectivity index (χ0n) is 16.1. The standard InChI is InChI=1S/C20H24F3N5O/c1-3-7-16(14(2)29-20(21,22)23)12-26-19-27-13-17(10-24)18(28-19)25-11-15-8-5-4-6-9-15/h3,7,13,15H,1-2,4-6,8-9,11-12H2,(H2,25,26,27,28)/b16-7-. The van der Waals surface area contributed by atoms with E-state index in [1.807, 2.05) is 6.07 Å². The SMILES string of the molecule is C=C/C=C(/CNc1ncc(C#N)c(NCC2CCCCC2)n1)C(=C)OC(F)(F)F. The van der Waals surface area contributed by atoms with Gasteiger partial charge in [-0.3, -0.25) is 0 Å². The van der Waals surface area contributed by atoms with Gasteiger partial charge in [0.05, 0.1) is 6.20 Å². The van der Waals surface area contributed by atoms with E-state index in [9.17, 15) is 18.4 Å². The second-order valence-electron chi connectivity index (χ2n) is 6.70. The van der Waals surface area contributed by atoms with Crippen molar-refractivity contribution in [1.29, 1.82) is 5.26 Å². The first-order chi connectivity index (χ1) is 13.8. The maximum absolute atomic E-state index is 12.4. The van der Waals surface area contributed by atoms with E-state index in [0.717, 1.165) is 12.8 Å². The summed E-state index contributed by atoms with van der Waals surface area (Å²) in [5.41, 5.74) is 0.444. The summed E-state index contributed by atoms with van der Waals surface area (Å²) < 4.78 is 41.1. The van der Waals surface area contributed by atoms with E-state index in [1.165, 1.54) is 37.6 Å². The lowest BCUT2D eigenvalue weighted by Crippen LogP contribution is -2.19.